The summed E-state index contributed by atoms with van der Waals surface area (Å²) in [6.45, 7) is 0.725. The number of amides is 1. The van der Waals surface area contributed by atoms with Gasteiger partial charge in [0.05, 0.1) is 5.92 Å². The average molecular weight is 342 g/mol. The second kappa shape index (κ2) is 5.84. The zero-order valence-electron chi connectivity index (χ0n) is 13.7. The molecule has 1 fully saturated rings. The van der Waals surface area contributed by atoms with Crippen molar-refractivity contribution in [2.24, 2.45) is 13.0 Å². The first-order valence-corrected chi connectivity index (χ1v) is 8.07. The maximum Gasteiger partial charge on any atom is 0.308 e. The molecule has 0 unspecified atom stereocenters. The fourth-order valence-electron chi connectivity index (χ4n) is 3.55. The van der Waals surface area contributed by atoms with Crippen LogP contribution in [-0.2, 0) is 11.8 Å². The van der Waals surface area contributed by atoms with E-state index in [2.05, 4.69) is 0 Å². The van der Waals surface area contributed by atoms with E-state index in [1.807, 2.05) is 12.1 Å². The quantitative estimate of drug-likeness (QED) is 0.918. The molecular formula is C18H18N2O5. The van der Waals surface area contributed by atoms with Gasteiger partial charge in [0.25, 0.3) is 5.91 Å². The minimum atomic E-state index is -0.898. The second-order valence-corrected chi connectivity index (χ2v) is 6.38. The first kappa shape index (κ1) is 15.6. The van der Waals surface area contributed by atoms with Gasteiger partial charge in [-0.3, -0.25) is 9.59 Å². The number of carboxylic acids is 1. The predicted octanol–water partition coefficient (Wildman–Crippen LogP) is 1.69. The van der Waals surface area contributed by atoms with Gasteiger partial charge >= 0.3 is 5.97 Å². The van der Waals surface area contributed by atoms with Crippen LogP contribution in [0.5, 0.6) is 11.5 Å². The molecule has 1 amide bonds. The van der Waals surface area contributed by atoms with Crippen LogP contribution in [0.3, 0.4) is 0 Å². The van der Waals surface area contributed by atoms with Crippen molar-refractivity contribution in [3.63, 3.8) is 0 Å². The van der Waals surface area contributed by atoms with Gasteiger partial charge in [-0.2, -0.15) is 0 Å². The number of benzene rings is 1. The van der Waals surface area contributed by atoms with Crippen molar-refractivity contribution in [3.8, 4) is 11.5 Å². The van der Waals surface area contributed by atoms with Crippen LogP contribution in [0.2, 0.25) is 0 Å². The van der Waals surface area contributed by atoms with Crippen LogP contribution in [0.4, 0.5) is 0 Å². The molecule has 1 aromatic heterocycles. The summed E-state index contributed by atoms with van der Waals surface area (Å²) in [6.07, 6.45) is 1.80. The van der Waals surface area contributed by atoms with Crippen LogP contribution in [0, 0.1) is 5.92 Å². The summed E-state index contributed by atoms with van der Waals surface area (Å²) in [7, 11) is 1.80. The topological polar surface area (TPSA) is 81.0 Å². The first-order valence-electron chi connectivity index (χ1n) is 8.07. The lowest BCUT2D eigenvalue weighted by Gasteiger charge is -2.17. The van der Waals surface area contributed by atoms with E-state index in [4.69, 9.17) is 9.47 Å². The number of carbonyl (C=O) groups excluding carboxylic acids is 1. The standard InChI is InChI=1S/C18H18N2O5/c1-19-6-2-3-14(19)17(21)20-8-12(13(9-20)18(22)23)11-4-5-15-16(7-11)25-10-24-15/h2-7,12-13H,8-10H2,1H3,(H,22,23)/t12-,13+/m1/s1. The molecule has 0 radical (unpaired) electrons. The lowest BCUT2D eigenvalue weighted by Crippen LogP contribution is -2.31. The molecule has 0 spiro atoms. The van der Waals surface area contributed by atoms with Crippen molar-refractivity contribution in [1.29, 1.82) is 0 Å². The molecule has 2 aromatic rings. The highest BCUT2D eigenvalue weighted by atomic mass is 16.7. The Balaban J connectivity index is 1.62. The Hall–Kier alpha value is -2.96. The van der Waals surface area contributed by atoms with E-state index in [0.29, 0.717) is 23.7 Å². The van der Waals surface area contributed by atoms with E-state index in [-0.39, 0.29) is 25.2 Å². The molecule has 1 saturated heterocycles. The largest absolute Gasteiger partial charge is 0.481 e. The molecule has 1 N–H and O–H groups in total. The Bertz CT molecular complexity index is 844. The highest BCUT2D eigenvalue weighted by Gasteiger charge is 2.41. The number of hydrogen-bond acceptors (Lipinski definition) is 4. The maximum atomic E-state index is 12.7. The Morgan fingerprint density at radius 2 is 1.96 bits per heavy atom. The van der Waals surface area contributed by atoms with E-state index in [1.54, 1.807) is 40.9 Å². The number of aromatic nitrogens is 1. The normalized spacial score (nSPS) is 21.6. The minimum absolute atomic E-state index is 0.151. The number of nitrogens with zero attached hydrogens (tertiary/aromatic N) is 2. The van der Waals surface area contributed by atoms with E-state index in [1.165, 1.54) is 0 Å². The Morgan fingerprint density at radius 1 is 1.16 bits per heavy atom. The Kier molecular flexibility index (Phi) is 3.63. The van der Waals surface area contributed by atoms with Gasteiger partial charge in [0, 0.05) is 32.3 Å². The molecule has 3 heterocycles. The van der Waals surface area contributed by atoms with Gasteiger partial charge < -0.3 is 24.0 Å². The smallest absolute Gasteiger partial charge is 0.308 e. The Morgan fingerprint density at radius 3 is 2.68 bits per heavy atom. The average Bonchev–Trinajstić information content (AvgIpc) is 3.32. The number of fused-ring (bicyclic) bond motifs is 1. The number of ether oxygens (including phenoxy) is 2. The minimum Gasteiger partial charge on any atom is -0.481 e. The van der Waals surface area contributed by atoms with Crippen molar-refractivity contribution in [1.82, 2.24) is 9.47 Å². The van der Waals surface area contributed by atoms with Crippen LogP contribution in [0.15, 0.2) is 36.5 Å². The highest BCUT2D eigenvalue weighted by Crippen LogP contribution is 2.39. The van der Waals surface area contributed by atoms with Gasteiger partial charge in [0.2, 0.25) is 6.79 Å². The third-order valence-electron chi connectivity index (χ3n) is 4.91. The summed E-state index contributed by atoms with van der Waals surface area (Å²) < 4.78 is 12.4. The zero-order valence-corrected chi connectivity index (χ0v) is 13.7. The number of likely N-dealkylation sites (tertiary alicyclic amines) is 1. The number of rotatable bonds is 3. The van der Waals surface area contributed by atoms with Crippen molar-refractivity contribution in [2.45, 2.75) is 5.92 Å². The third kappa shape index (κ3) is 2.61. The number of hydrogen-bond donors (Lipinski definition) is 1. The summed E-state index contributed by atoms with van der Waals surface area (Å²) in [5.41, 5.74) is 1.40. The fourth-order valence-corrected chi connectivity index (χ4v) is 3.55. The summed E-state index contributed by atoms with van der Waals surface area (Å²) in [5.74, 6) is -0.702. The van der Waals surface area contributed by atoms with E-state index in [9.17, 15) is 14.7 Å². The van der Waals surface area contributed by atoms with Crippen LogP contribution < -0.4 is 9.47 Å². The van der Waals surface area contributed by atoms with E-state index < -0.39 is 11.9 Å². The third-order valence-corrected chi connectivity index (χ3v) is 4.91. The monoisotopic (exact) mass is 342 g/mol. The van der Waals surface area contributed by atoms with Gasteiger partial charge in [0.1, 0.15) is 5.69 Å². The first-order chi connectivity index (χ1) is 12.0. The van der Waals surface area contributed by atoms with Gasteiger partial charge in [0.15, 0.2) is 11.5 Å². The molecule has 2 atom stereocenters. The lowest BCUT2D eigenvalue weighted by molar-refractivity contribution is -0.141. The molecule has 7 nitrogen and oxygen atoms in total. The molecule has 1 aromatic carbocycles. The maximum absolute atomic E-state index is 12.7. The van der Waals surface area contributed by atoms with Gasteiger partial charge in [-0.1, -0.05) is 6.07 Å². The zero-order chi connectivity index (χ0) is 17.6. The molecule has 0 saturated carbocycles. The van der Waals surface area contributed by atoms with Gasteiger partial charge in [-0.15, -0.1) is 0 Å². The highest BCUT2D eigenvalue weighted by molar-refractivity contribution is 5.93. The van der Waals surface area contributed by atoms with Crippen molar-refractivity contribution >= 4 is 11.9 Å². The molecule has 7 heteroatoms. The van der Waals surface area contributed by atoms with Gasteiger partial charge in [-0.25, -0.2) is 0 Å². The molecular weight excluding hydrogens is 324 g/mol. The molecule has 2 aliphatic heterocycles. The Labute approximate surface area is 144 Å². The van der Waals surface area contributed by atoms with Crippen molar-refractivity contribution in [2.75, 3.05) is 19.9 Å². The lowest BCUT2D eigenvalue weighted by atomic mass is 9.89. The fraction of sp³-hybridized carbons (Fsp3) is 0.333. The van der Waals surface area contributed by atoms with Gasteiger partial charge in [-0.05, 0) is 29.8 Å². The molecule has 4 rings (SSSR count). The van der Waals surface area contributed by atoms with Crippen molar-refractivity contribution < 1.29 is 24.2 Å². The SMILES string of the molecule is Cn1cccc1C(=O)N1C[C@H](C(=O)O)[C@@H](c2ccc3c(c2)OCO3)C1. The molecule has 0 bridgehead atoms. The predicted molar refractivity (Wildman–Crippen MR) is 87.7 cm³/mol. The van der Waals surface area contributed by atoms with Crippen molar-refractivity contribution in [3.05, 3.63) is 47.8 Å². The number of aliphatic carboxylic acids is 1. The summed E-state index contributed by atoms with van der Waals surface area (Å²) in [4.78, 5) is 26.1. The number of carbonyl (C=O) groups is 2. The van der Waals surface area contributed by atoms with Crippen LogP contribution >= 0.6 is 0 Å². The summed E-state index contributed by atoms with van der Waals surface area (Å²) in [5, 5.41) is 9.62. The number of carboxylic acid groups (broad SMARTS) is 1. The molecule has 25 heavy (non-hydrogen) atoms. The number of aryl methyl sites for hydroxylation is 1. The summed E-state index contributed by atoms with van der Waals surface area (Å²) in [6, 6.07) is 9.00. The van der Waals surface area contributed by atoms with Crippen LogP contribution in [0.25, 0.3) is 0 Å². The van der Waals surface area contributed by atoms with E-state index in [0.717, 1.165) is 5.56 Å². The van der Waals surface area contributed by atoms with Crippen LogP contribution in [0.1, 0.15) is 22.0 Å². The summed E-state index contributed by atoms with van der Waals surface area (Å²) >= 11 is 0. The van der Waals surface area contributed by atoms with Crippen LogP contribution in [-0.4, -0.2) is 46.3 Å². The molecule has 130 valence electrons. The molecule has 0 aliphatic carbocycles. The van der Waals surface area contributed by atoms with E-state index >= 15 is 0 Å². The second-order valence-electron chi connectivity index (χ2n) is 6.38. The molecule has 2 aliphatic rings.